The number of halogens is 2. The molecule has 0 heterocycles. The molecule has 0 unspecified atom stereocenters. The van der Waals surface area contributed by atoms with Gasteiger partial charge in [0.05, 0.1) is 6.07 Å². The van der Waals surface area contributed by atoms with Crippen LogP contribution in [0.1, 0.15) is 24.0 Å². The number of benzene rings is 1. The molecule has 0 spiro atoms. The summed E-state index contributed by atoms with van der Waals surface area (Å²) in [5.74, 6) is 0. The van der Waals surface area contributed by atoms with Gasteiger partial charge in [-0.1, -0.05) is 24.3 Å². The molecule has 0 atom stereocenters. The summed E-state index contributed by atoms with van der Waals surface area (Å²) < 4.78 is 24.4. The van der Waals surface area contributed by atoms with Crippen LogP contribution < -0.4 is 5.32 Å². The molecule has 0 amide bonds. The summed E-state index contributed by atoms with van der Waals surface area (Å²) in [6, 6.07) is 8.20. The Bertz CT molecular complexity index is 327. The molecule has 80 valence electrons. The van der Waals surface area contributed by atoms with E-state index in [9.17, 15) is 8.78 Å². The first-order chi connectivity index (χ1) is 7.24. The van der Waals surface area contributed by atoms with Crippen LogP contribution in [0.15, 0.2) is 24.3 Å². The first-order valence-corrected chi connectivity index (χ1v) is 4.68. The van der Waals surface area contributed by atoms with Crippen molar-refractivity contribution in [1.29, 1.82) is 5.26 Å². The fourth-order valence-electron chi connectivity index (χ4n) is 1.16. The zero-order valence-corrected chi connectivity index (χ0v) is 8.21. The van der Waals surface area contributed by atoms with E-state index in [1.54, 1.807) is 12.1 Å². The minimum Gasteiger partial charge on any atom is -0.312 e. The lowest BCUT2D eigenvalue weighted by molar-refractivity contribution is 0.151. The maximum absolute atomic E-state index is 12.2. The zero-order valence-electron chi connectivity index (χ0n) is 8.21. The van der Waals surface area contributed by atoms with Gasteiger partial charge in [0.1, 0.15) is 0 Å². The second kappa shape index (κ2) is 6.10. The monoisotopic (exact) mass is 210 g/mol. The highest BCUT2D eigenvalue weighted by Crippen LogP contribution is 2.18. The normalized spacial score (nSPS) is 10.3. The summed E-state index contributed by atoms with van der Waals surface area (Å²) in [6.07, 6.45) is -1.96. The molecule has 0 radical (unpaired) electrons. The molecule has 0 aromatic heterocycles. The maximum atomic E-state index is 12.2. The number of nitrogens with one attached hydrogen (secondary N) is 1. The Kier molecular flexibility index (Phi) is 4.72. The van der Waals surface area contributed by atoms with Gasteiger partial charge in [0.25, 0.3) is 6.43 Å². The van der Waals surface area contributed by atoms with Crippen molar-refractivity contribution in [2.45, 2.75) is 19.4 Å². The fraction of sp³-hybridized carbons (Fsp3) is 0.364. The molecule has 0 fully saturated rings. The Labute approximate surface area is 87.5 Å². The highest BCUT2D eigenvalue weighted by atomic mass is 19.3. The van der Waals surface area contributed by atoms with Crippen molar-refractivity contribution in [3.05, 3.63) is 35.4 Å². The number of nitrogens with zero attached hydrogens (tertiary/aromatic N) is 1. The summed E-state index contributed by atoms with van der Waals surface area (Å²) in [4.78, 5) is 0. The number of rotatable bonds is 5. The van der Waals surface area contributed by atoms with Crippen LogP contribution in [0.3, 0.4) is 0 Å². The lowest BCUT2D eigenvalue weighted by Crippen LogP contribution is -2.13. The van der Waals surface area contributed by atoms with E-state index >= 15 is 0 Å². The highest BCUT2D eigenvalue weighted by molar-refractivity contribution is 5.23. The molecule has 1 rings (SSSR count). The average Bonchev–Trinajstić information content (AvgIpc) is 2.25. The van der Waals surface area contributed by atoms with Gasteiger partial charge in [0.2, 0.25) is 0 Å². The second-order valence-electron chi connectivity index (χ2n) is 3.13. The van der Waals surface area contributed by atoms with Gasteiger partial charge in [-0.3, -0.25) is 0 Å². The summed E-state index contributed by atoms with van der Waals surface area (Å²) in [5, 5.41) is 11.3. The molecule has 0 aliphatic rings. The molecule has 1 aromatic carbocycles. The Morgan fingerprint density at radius 3 is 2.47 bits per heavy atom. The van der Waals surface area contributed by atoms with Gasteiger partial charge in [-0.15, -0.1) is 0 Å². The molecule has 15 heavy (non-hydrogen) atoms. The van der Waals surface area contributed by atoms with Crippen molar-refractivity contribution in [3.63, 3.8) is 0 Å². The van der Waals surface area contributed by atoms with Crippen LogP contribution in [0.2, 0.25) is 0 Å². The van der Waals surface area contributed by atoms with Crippen LogP contribution in [-0.4, -0.2) is 6.54 Å². The summed E-state index contributed by atoms with van der Waals surface area (Å²) in [7, 11) is 0. The van der Waals surface area contributed by atoms with Gasteiger partial charge in [-0.05, 0) is 5.56 Å². The summed E-state index contributed by atoms with van der Waals surface area (Å²) in [5.41, 5.74) is 0.980. The van der Waals surface area contributed by atoms with Crippen molar-refractivity contribution in [1.82, 2.24) is 5.32 Å². The van der Waals surface area contributed by atoms with Crippen LogP contribution in [0.4, 0.5) is 8.78 Å². The van der Waals surface area contributed by atoms with Crippen molar-refractivity contribution in [3.8, 4) is 6.07 Å². The number of nitriles is 1. The maximum Gasteiger partial charge on any atom is 0.263 e. The highest BCUT2D eigenvalue weighted by Gasteiger charge is 2.05. The van der Waals surface area contributed by atoms with E-state index in [-0.39, 0.29) is 5.56 Å². The molecule has 0 saturated carbocycles. The van der Waals surface area contributed by atoms with E-state index in [0.717, 1.165) is 5.56 Å². The Morgan fingerprint density at radius 2 is 1.93 bits per heavy atom. The van der Waals surface area contributed by atoms with E-state index in [1.165, 1.54) is 12.1 Å². The van der Waals surface area contributed by atoms with Gasteiger partial charge in [-0.25, -0.2) is 8.78 Å². The molecule has 4 heteroatoms. The second-order valence-corrected chi connectivity index (χ2v) is 3.13. The summed E-state index contributed by atoms with van der Waals surface area (Å²) in [6.45, 7) is 1.22. The fourth-order valence-corrected chi connectivity index (χ4v) is 1.16. The van der Waals surface area contributed by atoms with E-state index in [2.05, 4.69) is 5.32 Å². The van der Waals surface area contributed by atoms with E-state index in [0.29, 0.717) is 19.5 Å². The minimum absolute atomic E-state index is 0.0378. The van der Waals surface area contributed by atoms with E-state index in [1.807, 2.05) is 6.07 Å². The van der Waals surface area contributed by atoms with E-state index in [4.69, 9.17) is 5.26 Å². The quantitative estimate of drug-likeness (QED) is 0.758. The first kappa shape index (κ1) is 11.6. The molecule has 2 nitrogen and oxygen atoms in total. The lowest BCUT2D eigenvalue weighted by Gasteiger charge is -2.04. The number of hydrogen-bond acceptors (Lipinski definition) is 2. The van der Waals surface area contributed by atoms with Crippen LogP contribution in [0, 0.1) is 11.3 Å². The molecule has 0 bridgehead atoms. The van der Waals surface area contributed by atoms with Crippen LogP contribution in [0.25, 0.3) is 0 Å². The van der Waals surface area contributed by atoms with Gasteiger partial charge in [-0.2, -0.15) is 5.26 Å². The van der Waals surface area contributed by atoms with Gasteiger partial charge < -0.3 is 5.32 Å². The van der Waals surface area contributed by atoms with Crippen molar-refractivity contribution in [2.75, 3.05) is 6.54 Å². The van der Waals surface area contributed by atoms with Crippen LogP contribution in [0.5, 0.6) is 0 Å². The summed E-state index contributed by atoms with van der Waals surface area (Å²) >= 11 is 0. The molecule has 0 saturated heterocycles. The van der Waals surface area contributed by atoms with Gasteiger partial charge >= 0.3 is 0 Å². The third-order valence-corrected chi connectivity index (χ3v) is 1.97. The van der Waals surface area contributed by atoms with Crippen LogP contribution >= 0.6 is 0 Å². The van der Waals surface area contributed by atoms with Crippen molar-refractivity contribution < 1.29 is 8.78 Å². The molecule has 1 N–H and O–H groups in total. The Morgan fingerprint density at radius 1 is 1.27 bits per heavy atom. The largest absolute Gasteiger partial charge is 0.312 e. The number of hydrogen-bond donors (Lipinski definition) is 1. The smallest absolute Gasteiger partial charge is 0.263 e. The minimum atomic E-state index is -2.41. The number of alkyl halides is 2. The molecule has 1 aromatic rings. The third-order valence-electron chi connectivity index (χ3n) is 1.97. The third kappa shape index (κ3) is 4.05. The molecular weight excluding hydrogens is 198 g/mol. The van der Waals surface area contributed by atoms with Crippen molar-refractivity contribution in [2.24, 2.45) is 0 Å². The predicted molar refractivity (Wildman–Crippen MR) is 53.3 cm³/mol. The van der Waals surface area contributed by atoms with Gasteiger partial charge in [0.15, 0.2) is 0 Å². The standard InChI is InChI=1S/C11H12F2N2/c12-11(13)10-4-2-9(3-5-10)8-15-7-1-6-14/h2-5,11,15H,1,7-8H2. The molecular formula is C11H12F2N2. The molecule has 0 aliphatic carbocycles. The SMILES string of the molecule is N#CCCNCc1ccc(C(F)F)cc1. The zero-order chi connectivity index (χ0) is 11.1. The van der Waals surface area contributed by atoms with Gasteiger partial charge in [0, 0.05) is 25.1 Å². The Balaban J connectivity index is 2.40. The van der Waals surface area contributed by atoms with E-state index < -0.39 is 6.43 Å². The van der Waals surface area contributed by atoms with Crippen LogP contribution in [-0.2, 0) is 6.54 Å². The lowest BCUT2D eigenvalue weighted by atomic mass is 10.1. The predicted octanol–water partition coefficient (Wildman–Crippen LogP) is 2.63. The first-order valence-electron chi connectivity index (χ1n) is 4.68. The topological polar surface area (TPSA) is 35.8 Å². The molecule has 0 aliphatic heterocycles. The Hall–Kier alpha value is -1.47. The average molecular weight is 210 g/mol. The van der Waals surface area contributed by atoms with Crippen molar-refractivity contribution >= 4 is 0 Å².